The minimum absolute atomic E-state index is 0.0261. The molecule has 3 heteroatoms. The minimum Gasteiger partial charge on any atom is -0.302 e. The molecule has 0 aliphatic heterocycles. The Morgan fingerprint density at radius 1 is 1.12 bits per heavy atom. The summed E-state index contributed by atoms with van der Waals surface area (Å²) in [7, 11) is 1.76. The zero-order valence-electron chi connectivity index (χ0n) is 9.90. The maximum absolute atomic E-state index is 11.7. The summed E-state index contributed by atoms with van der Waals surface area (Å²) < 4.78 is 3.30. The van der Waals surface area contributed by atoms with Gasteiger partial charge in [0.25, 0.3) is 0 Å². The van der Waals surface area contributed by atoms with Gasteiger partial charge in [-0.1, -0.05) is 18.2 Å². The van der Waals surface area contributed by atoms with Crippen molar-refractivity contribution < 1.29 is 0 Å². The number of aromatic nitrogens is 2. The van der Waals surface area contributed by atoms with Crippen molar-refractivity contribution in [3.63, 3.8) is 0 Å². The van der Waals surface area contributed by atoms with Gasteiger partial charge < -0.3 is 4.57 Å². The van der Waals surface area contributed by atoms with E-state index in [1.54, 1.807) is 22.4 Å². The molecule has 0 fully saturated rings. The third-order valence-electron chi connectivity index (χ3n) is 2.94. The van der Waals surface area contributed by atoms with Crippen LogP contribution in [0.4, 0.5) is 0 Å². The Hall–Kier alpha value is -1.77. The van der Waals surface area contributed by atoms with Gasteiger partial charge in [0.05, 0.1) is 6.54 Å². The van der Waals surface area contributed by atoms with Crippen LogP contribution >= 0.6 is 0 Å². The Morgan fingerprint density at radius 2 is 1.88 bits per heavy atom. The summed E-state index contributed by atoms with van der Waals surface area (Å²) in [6, 6.07) is 6.30. The van der Waals surface area contributed by atoms with Crippen molar-refractivity contribution in [2.45, 2.75) is 20.4 Å². The van der Waals surface area contributed by atoms with E-state index in [9.17, 15) is 4.79 Å². The predicted octanol–water partition coefficient (Wildman–Crippen LogP) is 1.85. The summed E-state index contributed by atoms with van der Waals surface area (Å²) in [6.07, 6.45) is 3.60. The van der Waals surface area contributed by atoms with Gasteiger partial charge in [0, 0.05) is 19.4 Å². The highest BCUT2D eigenvalue weighted by Gasteiger charge is 2.01. The second-order valence-electron chi connectivity index (χ2n) is 4.24. The molecule has 2 aromatic rings. The van der Waals surface area contributed by atoms with Crippen LogP contribution in [0.25, 0.3) is 0 Å². The zero-order valence-corrected chi connectivity index (χ0v) is 9.90. The zero-order chi connectivity index (χ0) is 11.7. The smallest absolute Gasteiger partial charge is 0.302 e. The van der Waals surface area contributed by atoms with Gasteiger partial charge in [-0.05, 0) is 30.5 Å². The SMILES string of the molecule is Cc1ccc(Cn2ccn(C)c2=O)cc1C. The molecule has 0 bridgehead atoms. The minimum atomic E-state index is 0.0261. The lowest BCUT2D eigenvalue weighted by Crippen LogP contribution is -2.22. The van der Waals surface area contributed by atoms with E-state index in [-0.39, 0.29) is 5.69 Å². The van der Waals surface area contributed by atoms with Gasteiger partial charge in [-0.15, -0.1) is 0 Å². The van der Waals surface area contributed by atoms with Crippen LogP contribution in [0.5, 0.6) is 0 Å². The molecule has 0 amide bonds. The molecule has 1 aromatic heterocycles. The van der Waals surface area contributed by atoms with E-state index in [1.165, 1.54) is 11.1 Å². The van der Waals surface area contributed by atoms with Crippen molar-refractivity contribution in [2.75, 3.05) is 0 Å². The molecule has 16 heavy (non-hydrogen) atoms. The van der Waals surface area contributed by atoms with Crippen molar-refractivity contribution in [3.05, 3.63) is 57.8 Å². The molecule has 0 radical (unpaired) electrons. The summed E-state index contributed by atoms with van der Waals surface area (Å²) in [5.74, 6) is 0. The molecule has 3 nitrogen and oxygen atoms in total. The number of nitrogens with zero attached hydrogens (tertiary/aromatic N) is 2. The molecule has 0 saturated heterocycles. The fourth-order valence-electron chi connectivity index (χ4n) is 1.73. The van der Waals surface area contributed by atoms with Crippen LogP contribution < -0.4 is 5.69 Å². The Morgan fingerprint density at radius 3 is 2.44 bits per heavy atom. The fraction of sp³-hybridized carbons (Fsp3) is 0.308. The molecule has 1 heterocycles. The van der Waals surface area contributed by atoms with Crippen molar-refractivity contribution in [3.8, 4) is 0 Å². The van der Waals surface area contributed by atoms with Crippen LogP contribution in [0, 0.1) is 13.8 Å². The number of imidazole rings is 1. The molecule has 0 saturated carbocycles. The number of aryl methyl sites for hydroxylation is 3. The van der Waals surface area contributed by atoms with Crippen molar-refractivity contribution in [1.29, 1.82) is 0 Å². The van der Waals surface area contributed by atoms with Crippen LogP contribution in [-0.4, -0.2) is 9.13 Å². The van der Waals surface area contributed by atoms with E-state index in [1.807, 2.05) is 6.20 Å². The lowest BCUT2D eigenvalue weighted by atomic mass is 10.1. The maximum Gasteiger partial charge on any atom is 0.328 e. The first-order chi connectivity index (χ1) is 7.58. The van der Waals surface area contributed by atoms with Crippen LogP contribution in [0.15, 0.2) is 35.4 Å². The first-order valence-electron chi connectivity index (χ1n) is 5.36. The fourth-order valence-corrected chi connectivity index (χ4v) is 1.73. The average molecular weight is 216 g/mol. The second-order valence-corrected chi connectivity index (χ2v) is 4.24. The van der Waals surface area contributed by atoms with Gasteiger partial charge in [0.1, 0.15) is 0 Å². The van der Waals surface area contributed by atoms with E-state index in [4.69, 9.17) is 0 Å². The molecule has 2 rings (SSSR count). The Labute approximate surface area is 95.0 Å². The molecule has 0 aliphatic rings. The Balaban J connectivity index is 2.31. The number of rotatable bonds is 2. The average Bonchev–Trinajstić information content (AvgIpc) is 2.55. The van der Waals surface area contributed by atoms with E-state index in [0.29, 0.717) is 6.54 Å². The van der Waals surface area contributed by atoms with Gasteiger partial charge in [-0.2, -0.15) is 0 Å². The molecular formula is C13H16N2O. The highest BCUT2D eigenvalue weighted by atomic mass is 16.1. The molecule has 1 aromatic carbocycles. The molecule has 0 unspecified atom stereocenters. The summed E-state index contributed by atoms with van der Waals surface area (Å²) in [5.41, 5.74) is 3.74. The Bertz CT molecular complexity index is 564. The predicted molar refractivity (Wildman–Crippen MR) is 64.7 cm³/mol. The van der Waals surface area contributed by atoms with Gasteiger partial charge in [0.15, 0.2) is 0 Å². The molecule has 0 atom stereocenters. The number of hydrogen-bond donors (Lipinski definition) is 0. The second kappa shape index (κ2) is 4.00. The summed E-state index contributed by atoms with van der Waals surface area (Å²) in [6.45, 7) is 4.82. The lowest BCUT2D eigenvalue weighted by molar-refractivity contribution is 0.717. The van der Waals surface area contributed by atoms with E-state index in [2.05, 4.69) is 32.0 Å². The number of benzene rings is 1. The van der Waals surface area contributed by atoms with Gasteiger partial charge >= 0.3 is 5.69 Å². The van der Waals surface area contributed by atoms with Crippen LogP contribution in [-0.2, 0) is 13.6 Å². The first-order valence-corrected chi connectivity index (χ1v) is 5.36. The quantitative estimate of drug-likeness (QED) is 0.752. The van der Waals surface area contributed by atoms with E-state index < -0.39 is 0 Å². The van der Waals surface area contributed by atoms with Crippen LogP contribution in [0.3, 0.4) is 0 Å². The van der Waals surface area contributed by atoms with E-state index >= 15 is 0 Å². The summed E-state index contributed by atoms with van der Waals surface area (Å²) >= 11 is 0. The van der Waals surface area contributed by atoms with Gasteiger partial charge in [0.2, 0.25) is 0 Å². The molecule has 0 spiro atoms. The molecular weight excluding hydrogens is 200 g/mol. The van der Waals surface area contributed by atoms with E-state index in [0.717, 1.165) is 5.56 Å². The van der Waals surface area contributed by atoms with Crippen LogP contribution in [0.2, 0.25) is 0 Å². The summed E-state index contributed by atoms with van der Waals surface area (Å²) in [5, 5.41) is 0. The third-order valence-corrected chi connectivity index (χ3v) is 2.94. The highest BCUT2D eigenvalue weighted by Crippen LogP contribution is 2.10. The third kappa shape index (κ3) is 1.94. The highest BCUT2D eigenvalue weighted by molar-refractivity contribution is 5.30. The lowest BCUT2D eigenvalue weighted by Gasteiger charge is -2.05. The van der Waals surface area contributed by atoms with Crippen LogP contribution in [0.1, 0.15) is 16.7 Å². The van der Waals surface area contributed by atoms with Gasteiger partial charge in [-0.3, -0.25) is 4.57 Å². The Kier molecular flexibility index (Phi) is 2.69. The van der Waals surface area contributed by atoms with Gasteiger partial charge in [-0.25, -0.2) is 4.79 Å². The molecule has 0 aliphatic carbocycles. The topological polar surface area (TPSA) is 26.9 Å². The largest absolute Gasteiger partial charge is 0.328 e. The normalized spacial score (nSPS) is 10.7. The maximum atomic E-state index is 11.7. The van der Waals surface area contributed by atoms with Crippen molar-refractivity contribution >= 4 is 0 Å². The van der Waals surface area contributed by atoms with Crippen molar-refractivity contribution in [2.24, 2.45) is 7.05 Å². The number of hydrogen-bond acceptors (Lipinski definition) is 1. The summed E-state index contributed by atoms with van der Waals surface area (Å²) in [4.78, 5) is 11.7. The molecule has 84 valence electrons. The monoisotopic (exact) mass is 216 g/mol. The first kappa shape index (κ1) is 10.7. The standard InChI is InChI=1S/C13H16N2O/c1-10-4-5-12(8-11(10)2)9-15-7-6-14(3)13(15)16/h4-8H,9H2,1-3H3. The molecule has 0 N–H and O–H groups in total. The van der Waals surface area contributed by atoms with Crippen molar-refractivity contribution in [1.82, 2.24) is 9.13 Å².